The number of hydrogen-bond acceptors (Lipinski definition) is 2. The fourth-order valence-corrected chi connectivity index (χ4v) is 3.11. The molecule has 144 valence electrons. The SMILES string of the molecule is CC1C(=O)N(c2cccc(C(F)(F)F)c2)CCN1Cc1ccc(F)cc1F. The van der Waals surface area contributed by atoms with Crippen molar-refractivity contribution in [2.24, 2.45) is 0 Å². The summed E-state index contributed by atoms with van der Waals surface area (Å²) in [5, 5.41) is 0. The monoisotopic (exact) mass is 384 g/mol. The number of alkyl halides is 3. The van der Waals surface area contributed by atoms with Crippen LogP contribution in [0.2, 0.25) is 0 Å². The summed E-state index contributed by atoms with van der Waals surface area (Å²) in [6.45, 7) is 2.24. The van der Waals surface area contributed by atoms with E-state index in [2.05, 4.69) is 0 Å². The number of hydrogen-bond donors (Lipinski definition) is 0. The standard InChI is InChI=1S/C19H17F5N2O/c1-12-18(27)26(16-4-2-3-14(9-16)19(22,23)24)8-7-25(12)11-13-5-6-15(20)10-17(13)21/h2-6,9-10,12H,7-8,11H2,1H3. The molecule has 0 spiro atoms. The van der Waals surface area contributed by atoms with Gasteiger partial charge in [0.2, 0.25) is 5.91 Å². The molecule has 1 aliphatic rings. The second kappa shape index (κ2) is 7.26. The van der Waals surface area contributed by atoms with E-state index in [1.807, 2.05) is 0 Å². The number of halogens is 5. The number of carbonyl (C=O) groups excluding carboxylic acids is 1. The van der Waals surface area contributed by atoms with Crippen molar-refractivity contribution in [2.45, 2.75) is 25.7 Å². The summed E-state index contributed by atoms with van der Waals surface area (Å²) >= 11 is 0. The van der Waals surface area contributed by atoms with Gasteiger partial charge in [0.1, 0.15) is 11.6 Å². The van der Waals surface area contributed by atoms with E-state index in [-0.39, 0.29) is 30.2 Å². The van der Waals surface area contributed by atoms with Gasteiger partial charge in [-0.25, -0.2) is 8.78 Å². The Balaban J connectivity index is 1.77. The molecule has 0 radical (unpaired) electrons. The maximum Gasteiger partial charge on any atom is 0.416 e. The molecule has 3 rings (SSSR count). The van der Waals surface area contributed by atoms with Crippen LogP contribution in [0.3, 0.4) is 0 Å². The third-order valence-electron chi connectivity index (χ3n) is 4.66. The van der Waals surface area contributed by atoms with Crippen molar-refractivity contribution in [1.82, 2.24) is 4.90 Å². The van der Waals surface area contributed by atoms with E-state index in [9.17, 15) is 26.7 Å². The van der Waals surface area contributed by atoms with E-state index in [1.54, 1.807) is 11.8 Å². The molecule has 1 atom stereocenters. The Morgan fingerprint density at radius 1 is 1.07 bits per heavy atom. The first kappa shape index (κ1) is 19.3. The zero-order valence-corrected chi connectivity index (χ0v) is 14.4. The summed E-state index contributed by atoms with van der Waals surface area (Å²) in [7, 11) is 0. The number of benzene rings is 2. The van der Waals surface area contributed by atoms with Crippen LogP contribution in [0.25, 0.3) is 0 Å². The summed E-state index contributed by atoms with van der Waals surface area (Å²) in [4.78, 5) is 15.7. The quantitative estimate of drug-likeness (QED) is 0.740. The van der Waals surface area contributed by atoms with Crippen LogP contribution in [0.4, 0.5) is 27.6 Å². The molecule has 2 aromatic carbocycles. The number of piperazine rings is 1. The summed E-state index contributed by atoms with van der Waals surface area (Å²) in [6, 6.07) is 7.19. The third kappa shape index (κ3) is 4.10. The molecule has 2 aromatic rings. The van der Waals surface area contributed by atoms with Crippen molar-refractivity contribution >= 4 is 11.6 Å². The lowest BCUT2D eigenvalue weighted by molar-refractivity contribution is -0.137. The first-order valence-corrected chi connectivity index (χ1v) is 8.33. The van der Waals surface area contributed by atoms with Gasteiger partial charge in [-0.05, 0) is 31.2 Å². The highest BCUT2D eigenvalue weighted by Gasteiger charge is 2.35. The first-order chi connectivity index (χ1) is 12.7. The van der Waals surface area contributed by atoms with Gasteiger partial charge in [-0.15, -0.1) is 0 Å². The van der Waals surface area contributed by atoms with Gasteiger partial charge in [-0.2, -0.15) is 13.2 Å². The van der Waals surface area contributed by atoms with E-state index in [0.717, 1.165) is 24.3 Å². The Bertz CT molecular complexity index is 852. The molecule has 0 saturated carbocycles. The van der Waals surface area contributed by atoms with Gasteiger partial charge in [0.05, 0.1) is 11.6 Å². The van der Waals surface area contributed by atoms with Crippen molar-refractivity contribution in [2.75, 3.05) is 18.0 Å². The predicted octanol–water partition coefficient (Wildman–Crippen LogP) is 4.22. The average Bonchev–Trinajstić information content (AvgIpc) is 2.60. The first-order valence-electron chi connectivity index (χ1n) is 8.33. The third-order valence-corrected chi connectivity index (χ3v) is 4.66. The maximum atomic E-state index is 13.9. The number of carbonyl (C=O) groups is 1. The van der Waals surface area contributed by atoms with Crippen molar-refractivity contribution < 1.29 is 26.7 Å². The number of anilines is 1. The van der Waals surface area contributed by atoms with Crippen molar-refractivity contribution in [1.29, 1.82) is 0 Å². The van der Waals surface area contributed by atoms with Crippen LogP contribution >= 0.6 is 0 Å². The van der Waals surface area contributed by atoms with Crippen LogP contribution in [0.5, 0.6) is 0 Å². The second-order valence-electron chi connectivity index (χ2n) is 6.42. The minimum Gasteiger partial charge on any atom is -0.310 e. The van der Waals surface area contributed by atoms with Gasteiger partial charge in [0.25, 0.3) is 0 Å². The van der Waals surface area contributed by atoms with Gasteiger partial charge in [-0.1, -0.05) is 12.1 Å². The molecule has 1 heterocycles. The zero-order chi connectivity index (χ0) is 19.8. The smallest absolute Gasteiger partial charge is 0.310 e. The van der Waals surface area contributed by atoms with Crippen LogP contribution in [0.1, 0.15) is 18.1 Å². The van der Waals surface area contributed by atoms with Gasteiger partial charge >= 0.3 is 6.18 Å². The molecule has 1 amide bonds. The van der Waals surface area contributed by atoms with E-state index in [4.69, 9.17) is 0 Å². The fourth-order valence-electron chi connectivity index (χ4n) is 3.11. The molecule has 27 heavy (non-hydrogen) atoms. The van der Waals surface area contributed by atoms with Crippen LogP contribution in [-0.4, -0.2) is 29.9 Å². The van der Waals surface area contributed by atoms with Gasteiger partial charge in [0, 0.05) is 37.0 Å². The van der Waals surface area contributed by atoms with E-state index in [0.29, 0.717) is 6.54 Å². The zero-order valence-electron chi connectivity index (χ0n) is 14.4. The molecular formula is C19H17F5N2O. The lowest BCUT2D eigenvalue weighted by atomic mass is 10.1. The minimum atomic E-state index is -4.49. The van der Waals surface area contributed by atoms with Gasteiger partial charge in [0.15, 0.2) is 0 Å². The van der Waals surface area contributed by atoms with Gasteiger partial charge in [-0.3, -0.25) is 9.69 Å². The summed E-state index contributed by atoms with van der Waals surface area (Å²) in [5.74, 6) is -1.76. The number of amides is 1. The second-order valence-corrected chi connectivity index (χ2v) is 6.42. The molecule has 1 saturated heterocycles. The van der Waals surface area contributed by atoms with E-state index < -0.39 is 29.4 Å². The number of rotatable bonds is 3. The average molecular weight is 384 g/mol. The fraction of sp³-hybridized carbons (Fsp3) is 0.316. The lowest BCUT2D eigenvalue weighted by Gasteiger charge is -2.39. The maximum absolute atomic E-state index is 13.9. The van der Waals surface area contributed by atoms with E-state index in [1.165, 1.54) is 23.1 Å². The van der Waals surface area contributed by atoms with E-state index >= 15 is 0 Å². The lowest BCUT2D eigenvalue weighted by Crippen LogP contribution is -2.55. The molecule has 0 bridgehead atoms. The van der Waals surface area contributed by atoms with Gasteiger partial charge < -0.3 is 4.90 Å². The normalized spacial score (nSPS) is 18.8. The molecule has 1 aliphatic heterocycles. The molecule has 8 heteroatoms. The van der Waals surface area contributed by atoms with Crippen molar-refractivity contribution in [3.05, 3.63) is 65.2 Å². The van der Waals surface area contributed by atoms with Crippen molar-refractivity contribution in [3.63, 3.8) is 0 Å². The topological polar surface area (TPSA) is 23.6 Å². The molecule has 0 aliphatic carbocycles. The number of nitrogens with zero attached hydrogens (tertiary/aromatic N) is 2. The van der Waals surface area contributed by atoms with Crippen LogP contribution < -0.4 is 4.90 Å². The highest BCUT2D eigenvalue weighted by Crippen LogP contribution is 2.32. The minimum absolute atomic E-state index is 0.107. The molecule has 3 nitrogen and oxygen atoms in total. The molecule has 1 unspecified atom stereocenters. The predicted molar refractivity (Wildman–Crippen MR) is 90.0 cm³/mol. The Morgan fingerprint density at radius 3 is 2.48 bits per heavy atom. The highest BCUT2D eigenvalue weighted by atomic mass is 19.4. The summed E-state index contributed by atoms with van der Waals surface area (Å²) in [5.41, 5.74) is -0.394. The Morgan fingerprint density at radius 2 is 1.81 bits per heavy atom. The molecule has 0 aromatic heterocycles. The van der Waals surface area contributed by atoms with Crippen molar-refractivity contribution in [3.8, 4) is 0 Å². The van der Waals surface area contributed by atoms with Crippen LogP contribution in [0.15, 0.2) is 42.5 Å². The Hall–Kier alpha value is -2.48. The molecule has 0 N–H and O–H groups in total. The summed E-state index contributed by atoms with van der Waals surface area (Å²) < 4.78 is 65.6. The Labute approximate surface area is 153 Å². The van der Waals surface area contributed by atoms with Crippen LogP contribution in [-0.2, 0) is 17.5 Å². The summed E-state index contributed by atoms with van der Waals surface area (Å²) in [6.07, 6.45) is -4.49. The molecule has 1 fully saturated rings. The largest absolute Gasteiger partial charge is 0.416 e. The highest BCUT2D eigenvalue weighted by molar-refractivity contribution is 5.97. The molecular weight excluding hydrogens is 367 g/mol. The van der Waals surface area contributed by atoms with Crippen LogP contribution in [0, 0.1) is 11.6 Å². The Kier molecular flexibility index (Phi) is 5.19.